The third kappa shape index (κ3) is 5.49. The molecule has 1 aromatic rings. The van der Waals surface area contributed by atoms with Crippen LogP contribution in [0.2, 0.25) is 0 Å². The average Bonchev–Trinajstić information content (AvgIpc) is 2.42. The van der Waals surface area contributed by atoms with E-state index in [1.165, 1.54) is 26.4 Å². The summed E-state index contributed by atoms with van der Waals surface area (Å²) < 4.78 is 84.5. The molecular formula is C14H16F6O2. The molecular weight excluding hydrogens is 314 g/mol. The number of alkyl halides is 6. The zero-order valence-electron chi connectivity index (χ0n) is 12.0. The van der Waals surface area contributed by atoms with Crippen LogP contribution in [-0.2, 0) is 22.1 Å². The summed E-state index contributed by atoms with van der Waals surface area (Å²) in [5, 5.41) is 0. The maximum atomic E-state index is 12.5. The summed E-state index contributed by atoms with van der Waals surface area (Å²) in [6, 6.07) is 4.14. The average molecular weight is 330 g/mol. The minimum atomic E-state index is -4.46. The van der Waals surface area contributed by atoms with Crippen LogP contribution in [0.15, 0.2) is 24.3 Å². The van der Waals surface area contributed by atoms with Gasteiger partial charge in [0.15, 0.2) is 5.79 Å². The molecule has 0 bridgehead atoms. The van der Waals surface area contributed by atoms with Crippen LogP contribution in [-0.4, -0.2) is 26.2 Å². The largest absolute Gasteiger partial charge is 0.416 e. The number of rotatable bonds is 6. The van der Waals surface area contributed by atoms with Gasteiger partial charge >= 0.3 is 12.4 Å². The lowest BCUT2D eigenvalue weighted by Crippen LogP contribution is -2.37. The molecule has 0 aliphatic carbocycles. The van der Waals surface area contributed by atoms with Crippen molar-refractivity contribution in [3.63, 3.8) is 0 Å². The van der Waals surface area contributed by atoms with Gasteiger partial charge in [-0.15, -0.1) is 0 Å². The highest BCUT2D eigenvalue weighted by Crippen LogP contribution is 2.32. The Hall–Kier alpha value is -1.28. The molecule has 0 N–H and O–H groups in total. The van der Waals surface area contributed by atoms with Gasteiger partial charge in [-0.05, 0) is 17.7 Å². The molecule has 0 aliphatic heterocycles. The predicted molar refractivity (Wildman–Crippen MR) is 67.2 cm³/mol. The van der Waals surface area contributed by atoms with E-state index < -0.39 is 36.5 Å². The molecule has 22 heavy (non-hydrogen) atoms. The van der Waals surface area contributed by atoms with E-state index in [-0.39, 0.29) is 6.42 Å². The van der Waals surface area contributed by atoms with Crippen molar-refractivity contribution in [1.29, 1.82) is 0 Å². The van der Waals surface area contributed by atoms with Crippen molar-refractivity contribution < 1.29 is 35.8 Å². The first-order valence-electron chi connectivity index (χ1n) is 6.34. The zero-order chi connectivity index (χ0) is 17.0. The molecule has 0 saturated heterocycles. The smallest absolute Gasteiger partial charge is 0.353 e. The van der Waals surface area contributed by atoms with E-state index in [1.807, 2.05) is 0 Å². The third-order valence-electron chi connectivity index (χ3n) is 3.29. The van der Waals surface area contributed by atoms with Gasteiger partial charge in [0.25, 0.3) is 0 Å². The van der Waals surface area contributed by atoms with Crippen LogP contribution in [0.5, 0.6) is 0 Å². The van der Waals surface area contributed by atoms with Crippen LogP contribution < -0.4 is 0 Å². The first-order valence-corrected chi connectivity index (χ1v) is 6.34. The number of hydrogen-bond donors (Lipinski definition) is 0. The molecule has 0 aliphatic rings. The highest BCUT2D eigenvalue weighted by atomic mass is 19.4. The van der Waals surface area contributed by atoms with Gasteiger partial charge in [-0.3, -0.25) is 0 Å². The molecule has 1 rings (SSSR count). The Labute approximate surface area is 124 Å². The summed E-state index contributed by atoms with van der Waals surface area (Å²) in [5.74, 6) is -1.53. The van der Waals surface area contributed by atoms with Crippen molar-refractivity contribution in [2.75, 3.05) is 14.2 Å². The Morgan fingerprint density at radius 1 is 0.818 bits per heavy atom. The summed E-state index contributed by atoms with van der Waals surface area (Å²) in [4.78, 5) is 0. The molecule has 0 aromatic heterocycles. The van der Waals surface area contributed by atoms with Gasteiger partial charge in [0.2, 0.25) is 0 Å². The second kappa shape index (κ2) is 6.87. The Bertz CT molecular complexity index is 460. The zero-order valence-corrected chi connectivity index (χ0v) is 12.0. The van der Waals surface area contributed by atoms with Crippen molar-refractivity contribution in [2.24, 2.45) is 0 Å². The first-order chi connectivity index (χ1) is 10.0. The van der Waals surface area contributed by atoms with Gasteiger partial charge in [-0.25, -0.2) is 0 Å². The number of benzene rings is 1. The molecule has 2 nitrogen and oxygen atoms in total. The molecule has 0 spiro atoms. The molecule has 0 unspecified atom stereocenters. The maximum Gasteiger partial charge on any atom is 0.416 e. The van der Waals surface area contributed by atoms with Crippen molar-refractivity contribution in [3.8, 4) is 0 Å². The quantitative estimate of drug-likeness (QED) is 0.561. The Balaban J connectivity index is 2.86. The monoisotopic (exact) mass is 330 g/mol. The van der Waals surface area contributed by atoms with E-state index in [0.29, 0.717) is 5.56 Å². The highest BCUT2D eigenvalue weighted by molar-refractivity contribution is 5.25. The van der Waals surface area contributed by atoms with Gasteiger partial charge in [0.1, 0.15) is 0 Å². The van der Waals surface area contributed by atoms with Gasteiger partial charge in [0.05, 0.1) is 5.56 Å². The molecule has 8 heteroatoms. The minimum Gasteiger partial charge on any atom is -0.353 e. The standard InChI is InChI=1S/C14H16F6O2/c1-21-12(22-2,7-8-13(15,16)17)9-10-3-5-11(6-4-10)14(18,19)20/h3-6H,7-9H2,1-2H3. The van der Waals surface area contributed by atoms with Crippen molar-refractivity contribution >= 4 is 0 Å². The Morgan fingerprint density at radius 2 is 1.32 bits per heavy atom. The summed E-state index contributed by atoms with van der Waals surface area (Å²) >= 11 is 0. The van der Waals surface area contributed by atoms with Gasteiger partial charge in [-0.1, -0.05) is 12.1 Å². The summed E-state index contributed by atoms with van der Waals surface area (Å²) in [5.41, 5.74) is -0.439. The second-order valence-corrected chi connectivity index (χ2v) is 4.81. The van der Waals surface area contributed by atoms with Crippen LogP contribution in [0.3, 0.4) is 0 Å². The van der Waals surface area contributed by atoms with Crippen molar-refractivity contribution in [3.05, 3.63) is 35.4 Å². The Morgan fingerprint density at radius 3 is 1.68 bits per heavy atom. The summed E-state index contributed by atoms with van der Waals surface area (Å²) in [6.45, 7) is 0. The first kappa shape index (κ1) is 18.8. The van der Waals surface area contributed by atoms with E-state index in [0.717, 1.165) is 12.1 Å². The topological polar surface area (TPSA) is 18.5 Å². The molecule has 1 aromatic carbocycles. The lowest BCUT2D eigenvalue weighted by molar-refractivity contribution is -0.228. The van der Waals surface area contributed by atoms with Crippen LogP contribution in [0.25, 0.3) is 0 Å². The molecule has 126 valence electrons. The summed E-state index contributed by atoms with van der Waals surface area (Å²) in [7, 11) is 2.40. The van der Waals surface area contributed by atoms with Crippen molar-refractivity contribution in [2.45, 2.75) is 37.4 Å². The molecule has 0 fully saturated rings. The second-order valence-electron chi connectivity index (χ2n) is 4.81. The van der Waals surface area contributed by atoms with Crippen LogP contribution >= 0.6 is 0 Å². The van der Waals surface area contributed by atoms with Gasteiger partial charge in [-0.2, -0.15) is 26.3 Å². The number of hydrogen-bond acceptors (Lipinski definition) is 2. The van der Waals surface area contributed by atoms with Crippen molar-refractivity contribution in [1.82, 2.24) is 0 Å². The summed E-state index contributed by atoms with van der Waals surface area (Å²) in [6.07, 6.45) is -10.5. The minimum absolute atomic E-state index is 0.0891. The maximum absolute atomic E-state index is 12.5. The number of ether oxygens (including phenoxy) is 2. The van der Waals surface area contributed by atoms with Crippen LogP contribution in [0.4, 0.5) is 26.3 Å². The predicted octanol–water partition coefficient (Wildman–Crippen LogP) is 4.58. The fraction of sp³-hybridized carbons (Fsp3) is 0.571. The highest BCUT2D eigenvalue weighted by Gasteiger charge is 2.37. The fourth-order valence-electron chi connectivity index (χ4n) is 1.97. The third-order valence-corrected chi connectivity index (χ3v) is 3.29. The Kier molecular flexibility index (Phi) is 5.86. The van der Waals surface area contributed by atoms with E-state index in [2.05, 4.69) is 0 Å². The number of halogens is 6. The lowest BCUT2D eigenvalue weighted by atomic mass is 9.99. The van der Waals surface area contributed by atoms with E-state index in [1.54, 1.807) is 0 Å². The van der Waals surface area contributed by atoms with E-state index >= 15 is 0 Å². The van der Waals surface area contributed by atoms with Gasteiger partial charge in [0, 0.05) is 33.5 Å². The SMILES string of the molecule is COC(CCC(F)(F)F)(Cc1ccc(C(F)(F)F)cc1)OC. The molecule has 0 heterocycles. The lowest BCUT2D eigenvalue weighted by Gasteiger charge is -2.31. The van der Waals surface area contributed by atoms with E-state index in [4.69, 9.17) is 9.47 Å². The molecule has 0 atom stereocenters. The molecule has 0 amide bonds. The normalized spacial score (nSPS) is 13.5. The number of methoxy groups -OCH3 is 2. The van der Waals surface area contributed by atoms with E-state index in [9.17, 15) is 26.3 Å². The molecule has 0 saturated carbocycles. The fourth-order valence-corrected chi connectivity index (χ4v) is 1.97. The van der Waals surface area contributed by atoms with Crippen LogP contribution in [0, 0.1) is 0 Å². The molecule has 0 radical (unpaired) electrons. The van der Waals surface area contributed by atoms with Gasteiger partial charge < -0.3 is 9.47 Å². The van der Waals surface area contributed by atoms with Crippen LogP contribution in [0.1, 0.15) is 24.0 Å².